The summed E-state index contributed by atoms with van der Waals surface area (Å²) in [7, 11) is 0. The number of nitrogens with one attached hydrogen (secondary N) is 1. The second-order valence-corrected chi connectivity index (χ2v) is 5.79. The molecule has 0 fully saturated rings. The molecule has 0 spiro atoms. The zero-order valence-electron chi connectivity index (χ0n) is 12.4. The molecule has 0 aliphatic carbocycles. The van der Waals surface area contributed by atoms with Gasteiger partial charge in [-0.15, -0.1) is 0 Å². The molecule has 1 nitrogen and oxygen atoms in total. The van der Waals surface area contributed by atoms with Gasteiger partial charge in [0.05, 0.1) is 0 Å². The second-order valence-electron chi connectivity index (χ2n) is 5.79. The van der Waals surface area contributed by atoms with Gasteiger partial charge in [-0.2, -0.15) is 0 Å². The van der Waals surface area contributed by atoms with Gasteiger partial charge >= 0.3 is 45.5 Å². The van der Waals surface area contributed by atoms with E-state index in [2.05, 4.69) is 58.7 Å². The summed E-state index contributed by atoms with van der Waals surface area (Å²) in [5.41, 5.74) is 3.09. The fourth-order valence-electron chi connectivity index (χ4n) is 1.27. The van der Waals surface area contributed by atoms with E-state index in [1.54, 1.807) is 0 Å². The van der Waals surface area contributed by atoms with Gasteiger partial charge in [-0.05, 0) is 12.1 Å². The van der Waals surface area contributed by atoms with Crippen molar-refractivity contribution in [2.75, 3.05) is 0 Å². The molecule has 0 aromatic carbocycles. The topological polar surface area (TPSA) is 15.8 Å². The van der Waals surface area contributed by atoms with Crippen LogP contribution in [0.15, 0.2) is 12.1 Å². The molecule has 0 aliphatic heterocycles. The molecule has 0 amide bonds. The van der Waals surface area contributed by atoms with Crippen LogP contribution in [0.1, 0.15) is 55.8 Å². The minimum Gasteiger partial charge on any atom is -1.00 e. The van der Waals surface area contributed by atoms with Crippen LogP contribution in [-0.2, 0) is 10.8 Å². The first-order chi connectivity index (χ1) is 5.71. The van der Waals surface area contributed by atoms with Crippen molar-refractivity contribution in [3.8, 4) is 0 Å². The van der Waals surface area contributed by atoms with E-state index in [0.717, 1.165) is 0 Å². The van der Waals surface area contributed by atoms with Crippen LogP contribution in [0.25, 0.3) is 0 Å². The Morgan fingerprint density at radius 1 is 0.857 bits per heavy atom. The molecule has 0 radical (unpaired) electrons. The average molecular weight is 269 g/mol. The summed E-state index contributed by atoms with van der Waals surface area (Å²) in [4.78, 5) is 3.49. The van der Waals surface area contributed by atoms with Gasteiger partial charge in [0.15, 0.2) is 0 Å². The monoisotopic (exact) mass is 269 g/mol. The maximum atomic E-state index is 3.49. The normalized spacial score (nSPS) is 12.4. The van der Waals surface area contributed by atoms with Crippen molar-refractivity contribution in [1.82, 2.24) is 4.98 Å². The first kappa shape index (κ1) is 14.8. The SMILES string of the molecule is CC(C)(C)c1ccc(C(C)(C)C)[nH]1.[H-].[H-].[Sr+2]. The Bertz CT molecular complexity index is 266. The molecule has 2 heteroatoms. The molecule has 78 valence electrons. The summed E-state index contributed by atoms with van der Waals surface area (Å²) >= 11 is 0. The molecule has 0 atom stereocenters. The summed E-state index contributed by atoms with van der Waals surface area (Å²) in [6.45, 7) is 13.4. The molecule has 0 aliphatic rings. The Labute approximate surface area is 128 Å². The maximum absolute atomic E-state index is 3.49. The Morgan fingerprint density at radius 3 is 1.29 bits per heavy atom. The molecule has 1 aromatic heterocycles. The van der Waals surface area contributed by atoms with Crippen LogP contribution in [0.5, 0.6) is 0 Å². The molecular formula is C12H23NSr. The van der Waals surface area contributed by atoms with E-state index in [0.29, 0.717) is 0 Å². The number of hydrogen-bond donors (Lipinski definition) is 1. The maximum Gasteiger partial charge on any atom is 2.00 e. The number of aromatic nitrogens is 1. The predicted octanol–water partition coefficient (Wildman–Crippen LogP) is 3.45. The van der Waals surface area contributed by atoms with Crippen LogP contribution in [-0.4, -0.2) is 50.5 Å². The molecule has 0 bridgehead atoms. The van der Waals surface area contributed by atoms with Crippen LogP contribution in [0.2, 0.25) is 0 Å². The van der Waals surface area contributed by atoms with Crippen molar-refractivity contribution in [3.05, 3.63) is 23.5 Å². The van der Waals surface area contributed by atoms with Crippen molar-refractivity contribution in [1.29, 1.82) is 0 Å². The van der Waals surface area contributed by atoms with E-state index in [9.17, 15) is 0 Å². The van der Waals surface area contributed by atoms with Crippen molar-refractivity contribution < 1.29 is 2.85 Å². The molecule has 0 saturated carbocycles. The standard InChI is InChI=1S/C12H21N.Sr.2H/c1-11(2,3)9-7-8-10(13-9)12(4,5)6;;;/h7-8,13H,1-6H3;;;/q;+2;2*-1. The Kier molecular flexibility index (Phi) is 4.99. The smallest absolute Gasteiger partial charge is 1.00 e. The fourth-order valence-corrected chi connectivity index (χ4v) is 1.27. The Morgan fingerprint density at radius 2 is 1.14 bits per heavy atom. The van der Waals surface area contributed by atoms with E-state index in [1.807, 2.05) is 0 Å². The third-order valence-corrected chi connectivity index (χ3v) is 2.30. The van der Waals surface area contributed by atoms with Gasteiger partial charge in [-0.25, -0.2) is 0 Å². The van der Waals surface area contributed by atoms with E-state index in [1.165, 1.54) is 11.4 Å². The van der Waals surface area contributed by atoms with Crippen LogP contribution >= 0.6 is 0 Å². The Hall–Kier alpha value is 0.761. The molecule has 1 rings (SSSR count). The summed E-state index contributed by atoms with van der Waals surface area (Å²) in [6, 6.07) is 4.39. The van der Waals surface area contributed by atoms with Gasteiger partial charge < -0.3 is 7.84 Å². The summed E-state index contributed by atoms with van der Waals surface area (Å²) < 4.78 is 0. The number of aromatic amines is 1. The first-order valence-corrected chi connectivity index (χ1v) is 4.91. The van der Waals surface area contributed by atoms with E-state index in [-0.39, 0.29) is 59.2 Å². The summed E-state index contributed by atoms with van der Waals surface area (Å²) in [5, 5.41) is 0. The van der Waals surface area contributed by atoms with Crippen LogP contribution in [0, 0.1) is 0 Å². The van der Waals surface area contributed by atoms with Crippen LogP contribution < -0.4 is 0 Å². The molecule has 1 aromatic rings. The average Bonchev–Trinajstić information content (AvgIpc) is 2.28. The quantitative estimate of drug-likeness (QED) is 0.694. The predicted molar refractivity (Wildman–Crippen MR) is 66.2 cm³/mol. The van der Waals surface area contributed by atoms with Crippen molar-refractivity contribution >= 4 is 45.5 Å². The second kappa shape index (κ2) is 4.73. The van der Waals surface area contributed by atoms with Gasteiger partial charge in [0.25, 0.3) is 0 Å². The molecular weight excluding hydrogens is 246 g/mol. The van der Waals surface area contributed by atoms with Crippen molar-refractivity contribution in [2.45, 2.75) is 52.4 Å². The van der Waals surface area contributed by atoms with Crippen molar-refractivity contribution in [2.24, 2.45) is 0 Å². The van der Waals surface area contributed by atoms with Gasteiger partial charge in [0, 0.05) is 22.2 Å². The molecule has 14 heavy (non-hydrogen) atoms. The van der Waals surface area contributed by atoms with Gasteiger partial charge in [0.1, 0.15) is 0 Å². The number of H-pyrrole nitrogens is 1. The summed E-state index contributed by atoms with van der Waals surface area (Å²) in [5.74, 6) is 0. The van der Waals surface area contributed by atoms with Crippen molar-refractivity contribution in [3.63, 3.8) is 0 Å². The minimum absolute atomic E-state index is 0. The third-order valence-electron chi connectivity index (χ3n) is 2.30. The summed E-state index contributed by atoms with van der Waals surface area (Å²) in [6.07, 6.45) is 0. The van der Waals surface area contributed by atoms with Crippen LogP contribution in [0.3, 0.4) is 0 Å². The number of hydrogen-bond acceptors (Lipinski definition) is 0. The van der Waals surface area contributed by atoms with Gasteiger partial charge in [-0.1, -0.05) is 41.5 Å². The van der Waals surface area contributed by atoms with Gasteiger partial charge in [-0.3, -0.25) is 0 Å². The van der Waals surface area contributed by atoms with E-state index in [4.69, 9.17) is 0 Å². The molecule has 0 saturated heterocycles. The molecule has 0 unspecified atom stereocenters. The molecule has 1 heterocycles. The van der Waals surface area contributed by atoms with E-state index >= 15 is 0 Å². The third kappa shape index (κ3) is 3.73. The zero-order chi connectivity index (χ0) is 10.3. The minimum atomic E-state index is 0. The van der Waals surface area contributed by atoms with Gasteiger partial charge in [0.2, 0.25) is 0 Å². The van der Waals surface area contributed by atoms with Crippen LogP contribution in [0.4, 0.5) is 0 Å². The molecule has 1 N–H and O–H groups in total. The fraction of sp³-hybridized carbons (Fsp3) is 0.667. The number of rotatable bonds is 0. The van der Waals surface area contributed by atoms with E-state index < -0.39 is 0 Å². The largest absolute Gasteiger partial charge is 2.00 e. The first-order valence-electron chi connectivity index (χ1n) is 4.91. The Balaban J connectivity index is -0.000000563. The zero-order valence-corrected chi connectivity index (χ0v) is 13.8.